The van der Waals surface area contributed by atoms with Gasteiger partial charge >= 0.3 is 5.97 Å². The van der Waals surface area contributed by atoms with Gasteiger partial charge in [-0.05, 0) is 0 Å². The van der Waals surface area contributed by atoms with E-state index in [9.17, 15) is 18.0 Å². The van der Waals surface area contributed by atoms with Crippen LogP contribution in [-0.4, -0.2) is 81.5 Å². The predicted octanol–water partition coefficient (Wildman–Crippen LogP) is -1.67. The standard InChI is InChI=1S/C10H21N3O6S/c1-12(6-4-10(15)16)20(17,18)13(2)8-9(14)11-5-7-19-3/h4-8H2,1-3H3,(H,11,14)(H,15,16). The largest absolute Gasteiger partial charge is 0.481 e. The molecule has 0 aliphatic carbocycles. The van der Waals surface area contributed by atoms with Crippen molar-refractivity contribution in [2.24, 2.45) is 0 Å². The van der Waals surface area contributed by atoms with E-state index in [4.69, 9.17) is 9.84 Å². The van der Waals surface area contributed by atoms with Gasteiger partial charge < -0.3 is 15.2 Å². The first-order chi connectivity index (χ1) is 9.21. The van der Waals surface area contributed by atoms with E-state index < -0.39 is 22.1 Å². The van der Waals surface area contributed by atoms with Crippen molar-refractivity contribution in [1.82, 2.24) is 13.9 Å². The van der Waals surface area contributed by atoms with E-state index in [1.54, 1.807) is 0 Å². The van der Waals surface area contributed by atoms with E-state index in [2.05, 4.69) is 5.32 Å². The summed E-state index contributed by atoms with van der Waals surface area (Å²) in [5.74, 6) is -1.55. The number of amides is 1. The topological polar surface area (TPSA) is 116 Å². The molecule has 0 aromatic heterocycles. The van der Waals surface area contributed by atoms with Crippen LogP contribution in [0.5, 0.6) is 0 Å². The molecule has 0 bridgehead atoms. The lowest BCUT2D eigenvalue weighted by Crippen LogP contribution is -2.45. The Hall–Kier alpha value is -1.23. The molecule has 9 nitrogen and oxygen atoms in total. The zero-order valence-corrected chi connectivity index (χ0v) is 12.6. The number of carbonyl (C=O) groups excluding carboxylic acids is 1. The third kappa shape index (κ3) is 6.80. The molecule has 20 heavy (non-hydrogen) atoms. The molecule has 1 amide bonds. The maximum absolute atomic E-state index is 12.0. The van der Waals surface area contributed by atoms with Crippen LogP contribution in [0.3, 0.4) is 0 Å². The molecule has 0 spiro atoms. The number of rotatable bonds is 10. The van der Waals surface area contributed by atoms with Crippen LogP contribution in [0.1, 0.15) is 6.42 Å². The second kappa shape index (κ2) is 8.84. The van der Waals surface area contributed by atoms with Gasteiger partial charge in [0.15, 0.2) is 0 Å². The maximum Gasteiger partial charge on any atom is 0.304 e. The summed E-state index contributed by atoms with van der Waals surface area (Å²) in [5.41, 5.74) is 0. The molecule has 0 atom stereocenters. The zero-order chi connectivity index (χ0) is 15.8. The smallest absolute Gasteiger partial charge is 0.304 e. The van der Waals surface area contributed by atoms with E-state index in [1.807, 2.05) is 0 Å². The SMILES string of the molecule is COCCNC(=O)CN(C)S(=O)(=O)N(C)CCC(=O)O. The summed E-state index contributed by atoms with van der Waals surface area (Å²) in [4.78, 5) is 21.9. The fourth-order valence-electron chi connectivity index (χ4n) is 1.24. The van der Waals surface area contributed by atoms with E-state index in [-0.39, 0.29) is 26.1 Å². The van der Waals surface area contributed by atoms with Gasteiger partial charge in [-0.2, -0.15) is 17.0 Å². The Morgan fingerprint density at radius 1 is 1.25 bits per heavy atom. The van der Waals surface area contributed by atoms with E-state index in [0.29, 0.717) is 6.61 Å². The molecule has 0 aromatic carbocycles. The third-order valence-electron chi connectivity index (χ3n) is 2.42. The molecule has 0 saturated heterocycles. The number of carbonyl (C=O) groups is 2. The van der Waals surface area contributed by atoms with Gasteiger partial charge in [0, 0.05) is 34.3 Å². The van der Waals surface area contributed by atoms with Crippen LogP contribution in [0.15, 0.2) is 0 Å². The van der Waals surface area contributed by atoms with Crippen molar-refractivity contribution in [3.05, 3.63) is 0 Å². The predicted molar refractivity (Wildman–Crippen MR) is 71.3 cm³/mol. The number of methoxy groups -OCH3 is 1. The maximum atomic E-state index is 12.0. The molecule has 118 valence electrons. The van der Waals surface area contributed by atoms with Crippen LogP contribution in [-0.2, 0) is 24.5 Å². The molecule has 0 radical (unpaired) electrons. The highest BCUT2D eigenvalue weighted by molar-refractivity contribution is 7.86. The molecule has 0 heterocycles. The number of nitrogens with zero attached hydrogens (tertiary/aromatic N) is 2. The molecule has 0 aliphatic heterocycles. The number of nitrogens with one attached hydrogen (secondary N) is 1. The van der Waals surface area contributed by atoms with Crippen LogP contribution in [0.2, 0.25) is 0 Å². The molecule has 0 unspecified atom stereocenters. The first-order valence-corrected chi connectivity index (χ1v) is 7.26. The summed E-state index contributed by atoms with van der Waals surface area (Å²) < 4.78 is 30.4. The highest BCUT2D eigenvalue weighted by atomic mass is 32.2. The second-order valence-electron chi connectivity index (χ2n) is 4.07. The first kappa shape index (κ1) is 18.8. The van der Waals surface area contributed by atoms with Gasteiger partial charge in [-0.3, -0.25) is 9.59 Å². The van der Waals surface area contributed by atoms with Gasteiger partial charge in [0.2, 0.25) is 5.91 Å². The quantitative estimate of drug-likeness (QED) is 0.466. The first-order valence-electron chi connectivity index (χ1n) is 5.86. The number of hydrogen-bond donors (Lipinski definition) is 2. The number of carboxylic acids is 1. The fourth-order valence-corrected chi connectivity index (χ4v) is 2.32. The highest BCUT2D eigenvalue weighted by Crippen LogP contribution is 2.04. The van der Waals surface area contributed by atoms with Gasteiger partial charge in [-0.15, -0.1) is 0 Å². The van der Waals surface area contributed by atoms with E-state index in [0.717, 1.165) is 8.61 Å². The van der Waals surface area contributed by atoms with Gasteiger partial charge in [0.05, 0.1) is 19.6 Å². The monoisotopic (exact) mass is 311 g/mol. The van der Waals surface area contributed by atoms with Crippen LogP contribution in [0.25, 0.3) is 0 Å². The summed E-state index contributed by atoms with van der Waals surface area (Å²) in [7, 11) is 0.151. The highest BCUT2D eigenvalue weighted by Gasteiger charge is 2.25. The Bertz CT molecular complexity index is 425. The molecular formula is C10H21N3O6S. The molecule has 0 saturated carbocycles. The molecular weight excluding hydrogens is 290 g/mol. The van der Waals surface area contributed by atoms with Crippen LogP contribution < -0.4 is 5.32 Å². The lowest BCUT2D eigenvalue weighted by Gasteiger charge is -2.23. The van der Waals surface area contributed by atoms with Crippen molar-refractivity contribution < 1.29 is 27.9 Å². The Balaban J connectivity index is 4.38. The van der Waals surface area contributed by atoms with Crippen LogP contribution in [0, 0.1) is 0 Å². The molecule has 2 N–H and O–H groups in total. The summed E-state index contributed by atoms with van der Waals surface area (Å²) in [6.07, 6.45) is -0.302. The van der Waals surface area contributed by atoms with Crippen molar-refractivity contribution in [3.63, 3.8) is 0 Å². The molecule has 0 fully saturated rings. The van der Waals surface area contributed by atoms with Crippen molar-refractivity contribution in [3.8, 4) is 0 Å². The average molecular weight is 311 g/mol. The average Bonchev–Trinajstić information content (AvgIpc) is 2.35. The van der Waals surface area contributed by atoms with E-state index >= 15 is 0 Å². The summed E-state index contributed by atoms with van der Waals surface area (Å²) in [6.45, 7) is 0.121. The Kier molecular flexibility index (Phi) is 8.30. The third-order valence-corrected chi connectivity index (χ3v) is 4.31. The number of likely N-dealkylation sites (N-methyl/N-ethyl adjacent to an activating group) is 1. The summed E-state index contributed by atoms with van der Waals surface area (Å²) in [5, 5.41) is 11.0. The zero-order valence-electron chi connectivity index (χ0n) is 11.8. The van der Waals surface area contributed by atoms with Gasteiger partial charge in [0.25, 0.3) is 10.2 Å². The van der Waals surface area contributed by atoms with Gasteiger partial charge in [-0.25, -0.2) is 0 Å². The minimum absolute atomic E-state index is 0.159. The molecule has 0 rings (SSSR count). The van der Waals surface area contributed by atoms with Gasteiger partial charge in [-0.1, -0.05) is 0 Å². The lowest BCUT2D eigenvalue weighted by molar-refractivity contribution is -0.137. The lowest BCUT2D eigenvalue weighted by atomic mass is 10.4. The number of ether oxygens (including phenoxy) is 1. The summed E-state index contributed by atoms with van der Waals surface area (Å²) in [6, 6.07) is 0. The van der Waals surface area contributed by atoms with Crippen molar-refractivity contribution in [2.45, 2.75) is 6.42 Å². The Labute approximate surface area is 118 Å². The minimum Gasteiger partial charge on any atom is -0.481 e. The van der Waals surface area contributed by atoms with Crippen LogP contribution >= 0.6 is 0 Å². The molecule has 10 heteroatoms. The van der Waals surface area contributed by atoms with E-state index in [1.165, 1.54) is 21.2 Å². The van der Waals surface area contributed by atoms with Gasteiger partial charge in [0.1, 0.15) is 0 Å². The minimum atomic E-state index is -3.85. The normalized spacial score (nSPS) is 11.8. The number of hydrogen-bond acceptors (Lipinski definition) is 5. The van der Waals surface area contributed by atoms with Crippen molar-refractivity contribution in [2.75, 3.05) is 47.4 Å². The van der Waals surface area contributed by atoms with Crippen molar-refractivity contribution in [1.29, 1.82) is 0 Å². The summed E-state index contributed by atoms with van der Waals surface area (Å²) >= 11 is 0. The Morgan fingerprint density at radius 3 is 2.35 bits per heavy atom. The Morgan fingerprint density at radius 2 is 1.85 bits per heavy atom. The number of carboxylic acid groups (broad SMARTS) is 1. The molecule has 0 aliphatic rings. The number of aliphatic carboxylic acids is 1. The fraction of sp³-hybridized carbons (Fsp3) is 0.800. The second-order valence-corrected chi connectivity index (χ2v) is 6.21. The van der Waals surface area contributed by atoms with Crippen LogP contribution in [0.4, 0.5) is 0 Å². The van der Waals surface area contributed by atoms with Crippen molar-refractivity contribution >= 4 is 22.1 Å². The molecule has 0 aromatic rings.